The molecule has 112 valence electrons. The number of carbonyl (C=O) groups is 2. The van der Waals surface area contributed by atoms with E-state index in [0.29, 0.717) is 11.4 Å². The van der Waals surface area contributed by atoms with Crippen molar-refractivity contribution >= 4 is 23.6 Å². The van der Waals surface area contributed by atoms with E-state index >= 15 is 0 Å². The number of aromatic nitrogens is 1. The van der Waals surface area contributed by atoms with Crippen LogP contribution >= 0.6 is 11.5 Å². The predicted molar refractivity (Wildman–Crippen MR) is 73.0 cm³/mol. The monoisotopic (exact) mass is 302 g/mol. The number of nitrogens with one attached hydrogen (secondary N) is 1. The van der Waals surface area contributed by atoms with E-state index in [-0.39, 0.29) is 6.42 Å². The quantitative estimate of drug-likeness (QED) is 0.865. The molecule has 1 amide bonds. The largest absolute Gasteiger partial charge is 0.481 e. The van der Waals surface area contributed by atoms with Gasteiger partial charge < -0.3 is 19.9 Å². The minimum atomic E-state index is -1.04. The smallest absolute Gasteiger partial charge is 0.408 e. The van der Waals surface area contributed by atoms with Gasteiger partial charge in [0.15, 0.2) is 0 Å². The molecule has 0 saturated carbocycles. The van der Waals surface area contributed by atoms with Gasteiger partial charge in [0.2, 0.25) is 5.88 Å². The summed E-state index contributed by atoms with van der Waals surface area (Å²) in [7, 11) is 1.43. The molecule has 1 atom stereocenters. The summed E-state index contributed by atoms with van der Waals surface area (Å²) >= 11 is 1.13. The second kappa shape index (κ2) is 6.56. The first kappa shape index (κ1) is 16.2. The molecule has 0 radical (unpaired) electrons. The van der Waals surface area contributed by atoms with Crippen molar-refractivity contribution in [2.24, 2.45) is 0 Å². The fourth-order valence-corrected chi connectivity index (χ4v) is 2.19. The molecule has 0 aromatic carbocycles. The van der Waals surface area contributed by atoms with E-state index in [1.165, 1.54) is 7.11 Å². The summed E-state index contributed by atoms with van der Waals surface area (Å²) in [5, 5.41) is 13.1. The van der Waals surface area contributed by atoms with Gasteiger partial charge in [0.25, 0.3) is 0 Å². The summed E-state index contributed by atoms with van der Waals surface area (Å²) in [5.41, 5.74) is -0.139. The minimum absolute atomic E-state index is 0.284. The van der Waals surface area contributed by atoms with Crippen LogP contribution in [0.15, 0.2) is 5.38 Å². The minimum Gasteiger partial charge on any atom is -0.481 e. The first-order valence-corrected chi connectivity index (χ1v) is 6.76. The van der Waals surface area contributed by atoms with Crippen molar-refractivity contribution < 1.29 is 24.2 Å². The third-order valence-corrected chi connectivity index (χ3v) is 2.83. The lowest BCUT2D eigenvalue weighted by atomic mass is 10.1. The second-order valence-corrected chi connectivity index (χ2v) is 5.70. The normalized spacial score (nSPS) is 12.6. The Hall–Kier alpha value is -1.83. The maximum Gasteiger partial charge on any atom is 0.408 e. The van der Waals surface area contributed by atoms with Gasteiger partial charge in [-0.25, -0.2) is 4.79 Å². The molecule has 2 N–H and O–H groups in total. The zero-order chi connectivity index (χ0) is 15.3. The summed E-state index contributed by atoms with van der Waals surface area (Å²) in [4.78, 5) is 22.7. The lowest BCUT2D eigenvalue weighted by Crippen LogP contribution is -2.35. The topological polar surface area (TPSA) is 97.8 Å². The number of ether oxygens (including phenoxy) is 2. The first-order valence-electron chi connectivity index (χ1n) is 5.92. The molecule has 8 heteroatoms. The van der Waals surface area contributed by atoms with Crippen LogP contribution in [-0.2, 0) is 9.53 Å². The molecule has 0 saturated heterocycles. The number of carbonyl (C=O) groups excluding carboxylic acids is 1. The van der Waals surface area contributed by atoms with E-state index in [2.05, 4.69) is 9.69 Å². The molecule has 0 fully saturated rings. The standard InChI is InChI=1S/C12H18N2O5S/c1-12(2,3)19-11(17)13-8(5-9(15)16)7-6-20-14-10(7)18-4/h6,8H,5H2,1-4H3,(H,13,17)(H,15,16)/t8-/m1/s1. The van der Waals surface area contributed by atoms with E-state index in [1.54, 1.807) is 26.2 Å². The molecule has 1 heterocycles. The highest BCUT2D eigenvalue weighted by atomic mass is 32.1. The molecule has 20 heavy (non-hydrogen) atoms. The van der Waals surface area contributed by atoms with Crippen molar-refractivity contribution in [1.29, 1.82) is 0 Å². The van der Waals surface area contributed by atoms with Crippen molar-refractivity contribution in [2.75, 3.05) is 7.11 Å². The van der Waals surface area contributed by atoms with Gasteiger partial charge in [-0.2, -0.15) is 4.37 Å². The van der Waals surface area contributed by atoms with Crippen LogP contribution in [0.2, 0.25) is 0 Å². The summed E-state index contributed by atoms with van der Waals surface area (Å²) in [6.45, 7) is 5.18. The molecule has 0 aliphatic rings. The third kappa shape index (κ3) is 5.04. The van der Waals surface area contributed by atoms with Gasteiger partial charge in [0, 0.05) is 10.9 Å². The van der Waals surface area contributed by atoms with Gasteiger partial charge in [0.05, 0.1) is 19.6 Å². The average Bonchev–Trinajstić information content (AvgIpc) is 2.72. The maximum absolute atomic E-state index is 11.8. The number of hydrogen-bond donors (Lipinski definition) is 2. The van der Waals surface area contributed by atoms with Crippen molar-refractivity contribution in [3.63, 3.8) is 0 Å². The Balaban J connectivity index is 2.85. The molecule has 7 nitrogen and oxygen atoms in total. The molecule has 0 bridgehead atoms. The molecule has 0 aliphatic carbocycles. The molecule has 1 rings (SSSR count). The Morgan fingerprint density at radius 3 is 2.65 bits per heavy atom. The summed E-state index contributed by atoms with van der Waals surface area (Å²) < 4.78 is 14.1. The molecule has 1 aromatic heterocycles. The Kier molecular flexibility index (Phi) is 5.32. The van der Waals surface area contributed by atoms with Crippen LogP contribution in [0.1, 0.15) is 38.8 Å². The van der Waals surface area contributed by atoms with E-state index in [4.69, 9.17) is 14.6 Å². The number of nitrogens with zero attached hydrogens (tertiary/aromatic N) is 1. The SMILES string of the molecule is COc1nscc1[C@@H](CC(=O)O)NC(=O)OC(C)(C)C. The maximum atomic E-state index is 11.8. The fraction of sp³-hybridized carbons (Fsp3) is 0.583. The van der Waals surface area contributed by atoms with Gasteiger partial charge in [-0.1, -0.05) is 0 Å². The van der Waals surface area contributed by atoms with E-state index in [1.807, 2.05) is 0 Å². The van der Waals surface area contributed by atoms with Gasteiger partial charge in [-0.05, 0) is 32.3 Å². The zero-order valence-corrected chi connectivity index (χ0v) is 12.6. The molecule has 0 aliphatic heterocycles. The van der Waals surface area contributed by atoms with Crippen LogP contribution in [0.5, 0.6) is 5.88 Å². The third-order valence-electron chi connectivity index (χ3n) is 2.20. The summed E-state index contributed by atoms with van der Waals surface area (Å²) in [6.07, 6.45) is -0.967. The van der Waals surface area contributed by atoms with Crippen molar-refractivity contribution in [1.82, 2.24) is 9.69 Å². The highest BCUT2D eigenvalue weighted by Gasteiger charge is 2.25. The van der Waals surface area contributed by atoms with Crippen LogP contribution in [0.3, 0.4) is 0 Å². The summed E-state index contributed by atoms with van der Waals surface area (Å²) in [5.74, 6) is -0.739. The molecule has 0 spiro atoms. The predicted octanol–water partition coefficient (Wildman–Crippen LogP) is 2.19. The lowest BCUT2D eigenvalue weighted by Gasteiger charge is -2.22. The van der Waals surface area contributed by atoms with Gasteiger partial charge >= 0.3 is 12.1 Å². The molecule has 0 unspecified atom stereocenters. The number of carboxylic acids is 1. The number of methoxy groups -OCH3 is 1. The van der Waals surface area contributed by atoms with Gasteiger partial charge in [0.1, 0.15) is 5.60 Å². The van der Waals surface area contributed by atoms with Gasteiger partial charge in [-0.15, -0.1) is 0 Å². The molecular formula is C12H18N2O5S. The number of alkyl carbamates (subject to hydrolysis) is 1. The van der Waals surface area contributed by atoms with Crippen molar-refractivity contribution in [3.8, 4) is 5.88 Å². The number of amides is 1. The van der Waals surface area contributed by atoms with Crippen LogP contribution in [0, 0.1) is 0 Å². The average molecular weight is 302 g/mol. The number of carboxylic acid groups (broad SMARTS) is 1. The zero-order valence-electron chi connectivity index (χ0n) is 11.8. The first-order chi connectivity index (χ1) is 9.23. The number of hydrogen-bond acceptors (Lipinski definition) is 6. The fourth-order valence-electron chi connectivity index (χ4n) is 1.48. The van der Waals surface area contributed by atoms with E-state index < -0.39 is 23.7 Å². The van der Waals surface area contributed by atoms with Crippen molar-refractivity contribution in [2.45, 2.75) is 38.8 Å². The van der Waals surface area contributed by atoms with Gasteiger partial charge in [-0.3, -0.25) is 4.79 Å². The number of aliphatic carboxylic acids is 1. The second-order valence-electron chi connectivity index (χ2n) is 5.08. The highest BCUT2D eigenvalue weighted by molar-refractivity contribution is 7.03. The molecule has 1 aromatic rings. The Bertz CT molecular complexity index is 480. The lowest BCUT2D eigenvalue weighted by molar-refractivity contribution is -0.137. The van der Waals surface area contributed by atoms with E-state index in [0.717, 1.165) is 11.5 Å². The van der Waals surface area contributed by atoms with Crippen LogP contribution in [-0.4, -0.2) is 34.3 Å². The Morgan fingerprint density at radius 1 is 1.50 bits per heavy atom. The molecular weight excluding hydrogens is 284 g/mol. The van der Waals surface area contributed by atoms with Crippen LogP contribution < -0.4 is 10.1 Å². The summed E-state index contributed by atoms with van der Waals surface area (Å²) in [6, 6.07) is -0.754. The Morgan fingerprint density at radius 2 is 2.15 bits per heavy atom. The van der Waals surface area contributed by atoms with Crippen LogP contribution in [0.25, 0.3) is 0 Å². The van der Waals surface area contributed by atoms with Crippen molar-refractivity contribution in [3.05, 3.63) is 10.9 Å². The van der Waals surface area contributed by atoms with E-state index in [9.17, 15) is 9.59 Å². The highest BCUT2D eigenvalue weighted by Crippen LogP contribution is 2.28. The number of rotatable bonds is 5. The Labute approximate surface area is 121 Å². The van der Waals surface area contributed by atoms with Crippen LogP contribution in [0.4, 0.5) is 4.79 Å².